The quantitative estimate of drug-likeness (QED) is 0.537. The van der Waals surface area contributed by atoms with Crippen molar-refractivity contribution in [3.05, 3.63) is 17.5 Å². The van der Waals surface area contributed by atoms with Crippen molar-refractivity contribution < 1.29 is 0 Å². The second-order valence-electron chi connectivity index (χ2n) is 8.39. The average Bonchev–Trinajstić information content (AvgIpc) is 2.54. The fraction of sp³-hybridized carbons (Fsp3) is 0.714. The fourth-order valence-corrected chi connectivity index (χ4v) is 9.67. The van der Waals surface area contributed by atoms with E-state index < -0.39 is 8.07 Å². The lowest BCUT2D eigenvalue weighted by molar-refractivity contribution is 0.567. The van der Waals surface area contributed by atoms with Crippen LogP contribution in [0.1, 0.15) is 72.2 Å². The Balaban J connectivity index is 2.39. The molecule has 2 heterocycles. The zero-order chi connectivity index (χ0) is 18.6. The lowest BCUT2D eigenvalue weighted by Crippen LogP contribution is -2.43. The van der Waals surface area contributed by atoms with Crippen LogP contribution in [0.4, 0.5) is 5.95 Å². The van der Waals surface area contributed by atoms with Crippen molar-refractivity contribution in [1.82, 2.24) is 9.97 Å². The zero-order valence-corrected chi connectivity index (χ0v) is 18.2. The maximum Gasteiger partial charge on any atom is 0.226 e. The van der Waals surface area contributed by atoms with Crippen LogP contribution in [0.5, 0.6) is 0 Å². The van der Waals surface area contributed by atoms with E-state index in [-0.39, 0.29) is 0 Å². The Bertz CT molecular complexity index is 613. The summed E-state index contributed by atoms with van der Waals surface area (Å²) in [6.45, 7) is 18.3. The van der Waals surface area contributed by atoms with Crippen molar-refractivity contribution in [2.45, 2.75) is 84.4 Å². The minimum Gasteiger partial charge on any atom is -0.341 e. The topological polar surface area (TPSA) is 29.0 Å². The zero-order valence-electron chi connectivity index (χ0n) is 17.2. The molecule has 0 bridgehead atoms. The molecule has 1 aromatic heterocycles. The monoisotopic (exact) mass is 357 g/mol. The van der Waals surface area contributed by atoms with Gasteiger partial charge in [0.1, 0.15) is 13.8 Å². The molecule has 0 amide bonds. The van der Waals surface area contributed by atoms with E-state index in [2.05, 4.69) is 69.8 Å². The van der Waals surface area contributed by atoms with Gasteiger partial charge in [-0.25, -0.2) is 9.97 Å². The smallest absolute Gasteiger partial charge is 0.226 e. The van der Waals surface area contributed by atoms with Gasteiger partial charge in [0, 0.05) is 18.8 Å². The minimum absolute atomic E-state index is 0.643. The molecular weight excluding hydrogens is 322 g/mol. The summed E-state index contributed by atoms with van der Waals surface area (Å²) in [6, 6.07) is 2.04. The predicted molar refractivity (Wildman–Crippen MR) is 111 cm³/mol. The van der Waals surface area contributed by atoms with Crippen LogP contribution in [0.2, 0.25) is 16.6 Å². The van der Waals surface area contributed by atoms with Crippen LogP contribution in [0.15, 0.2) is 6.07 Å². The summed E-state index contributed by atoms with van der Waals surface area (Å²) in [7, 11) is -1.72. The summed E-state index contributed by atoms with van der Waals surface area (Å²) in [5.74, 6) is 4.35. The highest BCUT2D eigenvalue weighted by Crippen LogP contribution is 2.40. The second-order valence-corrected chi connectivity index (χ2v) is 14.0. The van der Waals surface area contributed by atoms with Crippen molar-refractivity contribution in [3.63, 3.8) is 0 Å². The highest BCUT2D eigenvalue weighted by Gasteiger charge is 2.41. The number of aromatic nitrogens is 2. The minimum atomic E-state index is -1.72. The summed E-state index contributed by atoms with van der Waals surface area (Å²) in [5, 5.41) is 0. The van der Waals surface area contributed by atoms with Gasteiger partial charge in [0.2, 0.25) is 5.95 Å². The molecule has 1 aliphatic rings. The van der Waals surface area contributed by atoms with Gasteiger partial charge in [0.15, 0.2) is 0 Å². The Labute approximate surface area is 155 Å². The Morgan fingerprint density at radius 1 is 0.920 bits per heavy atom. The van der Waals surface area contributed by atoms with Crippen molar-refractivity contribution in [2.24, 2.45) is 0 Å². The number of rotatable bonds is 4. The molecule has 1 saturated heterocycles. The molecule has 2 rings (SSSR count). The van der Waals surface area contributed by atoms with Crippen LogP contribution >= 0.6 is 0 Å². The van der Waals surface area contributed by atoms with Gasteiger partial charge in [-0.3, -0.25) is 0 Å². The Morgan fingerprint density at radius 3 is 2.00 bits per heavy atom. The SMILES string of the molecule is Cc1cc(C#C[Si](C(C)C)(C(C)C)C(C)C)nc(N2CCCCC2)n1. The van der Waals surface area contributed by atoms with Gasteiger partial charge in [0.05, 0.1) is 0 Å². The van der Waals surface area contributed by atoms with E-state index >= 15 is 0 Å². The van der Waals surface area contributed by atoms with Gasteiger partial charge >= 0.3 is 0 Å². The third-order valence-electron chi connectivity index (χ3n) is 5.75. The van der Waals surface area contributed by atoms with Gasteiger partial charge in [0.25, 0.3) is 0 Å². The third kappa shape index (κ3) is 4.44. The molecule has 0 unspecified atom stereocenters. The largest absolute Gasteiger partial charge is 0.341 e. The Hall–Kier alpha value is -1.34. The molecule has 0 spiro atoms. The number of hydrogen-bond donors (Lipinski definition) is 0. The van der Waals surface area contributed by atoms with E-state index in [4.69, 9.17) is 4.98 Å². The van der Waals surface area contributed by atoms with Crippen molar-refractivity contribution >= 4 is 14.0 Å². The van der Waals surface area contributed by atoms with Crippen LogP contribution in [-0.4, -0.2) is 31.1 Å². The van der Waals surface area contributed by atoms with E-state index in [1.54, 1.807) is 0 Å². The average molecular weight is 358 g/mol. The van der Waals surface area contributed by atoms with Crippen molar-refractivity contribution in [3.8, 4) is 11.5 Å². The highest BCUT2D eigenvalue weighted by molar-refractivity contribution is 6.90. The first kappa shape index (κ1) is 20.0. The number of nitrogens with zero attached hydrogens (tertiary/aromatic N) is 3. The van der Waals surface area contributed by atoms with Crippen LogP contribution in [0, 0.1) is 18.4 Å². The van der Waals surface area contributed by atoms with E-state index in [9.17, 15) is 0 Å². The lowest BCUT2D eigenvalue weighted by Gasteiger charge is -2.38. The number of hydrogen-bond acceptors (Lipinski definition) is 3. The number of anilines is 1. The van der Waals surface area contributed by atoms with Crippen LogP contribution in [0.3, 0.4) is 0 Å². The molecule has 3 nitrogen and oxygen atoms in total. The van der Waals surface area contributed by atoms with Crippen LogP contribution < -0.4 is 4.90 Å². The lowest BCUT2D eigenvalue weighted by atomic mass is 10.1. The van der Waals surface area contributed by atoms with Gasteiger partial charge in [-0.1, -0.05) is 47.5 Å². The third-order valence-corrected chi connectivity index (χ3v) is 12.0. The predicted octanol–water partition coefficient (Wildman–Crippen LogP) is 5.34. The van der Waals surface area contributed by atoms with Gasteiger partial charge in [-0.05, 0) is 48.9 Å². The molecule has 0 aromatic carbocycles. The summed E-state index contributed by atoms with van der Waals surface area (Å²) in [5.41, 5.74) is 7.63. The first-order valence-corrected chi connectivity index (χ1v) is 12.1. The molecule has 0 atom stereocenters. The molecule has 0 aliphatic carbocycles. The maximum atomic E-state index is 4.80. The van der Waals surface area contributed by atoms with Crippen LogP contribution in [0.25, 0.3) is 0 Å². The molecule has 1 aromatic rings. The Kier molecular flexibility index (Phi) is 6.68. The summed E-state index contributed by atoms with van der Waals surface area (Å²) in [4.78, 5) is 11.8. The Morgan fingerprint density at radius 2 is 1.48 bits per heavy atom. The molecule has 0 saturated carbocycles. The van der Waals surface area contributed by atoms with E-state index in [0.29, 0.717) is 16.6 Å². The summed E-state index contributed by atoms with van der Waals surface area (Å²) >= 11 is 0. The van der Waals surface area contributed by atoms with E-state index in [1.807, 2.05) is 6.07 Å². The standard InChI is InChI=1S/C21H35N3Si/c1-16(2)25(17(3)4,18(5)6)14-11-20-15-19(7)22-21(23-20)24-12-9-8-10-13-24/h15-18H,8-10,12-13H2,1-7H3. The normalized spacial score (nSPS) is 15.7. The maximum absolute atomic E-state index is 4.80. The second kappa shape index (κ2) is 8.36. The molecule has 0 radical (unpaired) electrons. The summed E-state index contributed by atoms with van der Waals surface area (Å²) < 4.78 is 0. The van der Waals surface area contributed by atoms with Crippen molar-refractivity contribution in [1.29, 1.82) is 0 Å². The number of piperidine rings is 1. The van der Waals surface area contributed by atoms with Crippen LogP contribution in [-0.2, 0) is 0 Å². The molecule has 1 aliphatic heterocycles. The first-order chi connectivity index (χ1) is 11.8. The molecule has 25 heavy (non-hydrogen) atoms. The molecule has 4 heteroatoms. The molecule has 1 fully saturated rings. The van der Waals surface area contributed by atoms with E-state index in [0.717, 1.165) is 30.4 Å². The highest BCUT2D eigenvalue weighted by atomic mass is 28.3. The van der Waals surface area contributed by atoms with Gasteiger partial charge < -0.3 is 4.90 Å². The van der Waals surface area contributed by atoms with Gasteiger partial charge in [-0.15, -0.1) is 5.54 Å². The summed E-state index contributed by atoms with van der Waals surface area (Å²) in [6.07, 6.45) is 3.80. The molecular formula is C21H35N3Si. The first-order valence-electron chi connectivity index (χ1n) is 9.91. The van der Waals surface area contributed by atoms with Gasteiger partial charge in [-0.2, -0.15) is 0 Å². The fourth-order valence-electron chi connectivity index (χ4n) is 4.46. The van der Waals surface area contributed by atoms with E-state index in [1.165, 1.54) is 19.3 Å². The number of aryl methyl sites for hydroxylation is 1. The molecule has 0 N–H and O–H groups in total. The molecule has 138 valence electrons. The van der Waals surface area contributed by atoms with Crippen molar-refractivity contribution in [2.75, 3.05) is 18.0 Å².